The number of hydrogen-bond donors (Lipinski definition) is 2. The van der Waals surface area contributed by atoms with Crippen LogP contribution in [-0.4, -0.2) is 38.6 Å². The van der Waals surface area contributed by atoms with Crippen LogP contribution in [0.4, 0.5) is 14.5 Å². The Morgan fingerprint density at radius 1 is 1.07 bits per heavy atom. The quantitative estimate of drug-likeness (QED) is 0.0985. The monoisotopic (exact) mass is 584 g/mol. The lowest BCUT2D eigenvalue weighted by molar-refractivity contribution is -0.143. The van der Waals surface area contributed by atoms with Gasteiger partial charge in [0.05, 0.1) is 19.1 Å². The minimum absolute atomic E-state index is 0.201. The maximum atomic E-state index is 11.7. The summed E-state index contributed by atoms with van der Waals surface area (Å²) in [5, 5.41) is 3.35. The number of ether oxygens (including phenoxy) is 2. The molecule has 0 saturated carbocycles. The molecule has 1 amide bonds. The van der Waals surface area contributed by atoms with E-state index in [0.29, 0.717) is 0 Å². The first-order valence-corrected chi connectivity index (χ1v) is 14.8. The molecule has 0 heterocycles. The van der Waals surface area contributed by atoms with Crippen molar-refractivity contribution < 1.29 is 27.8 Å². The molecule has 41 heavy (non-hydrogen) atoms. The number of allylic oxidation sites excluding steroid dienone is 4. The van der Waals surface area contributed by atoms with Crippen molar-refractivity contribution in [3.05, 3.63) is 41.5 Å². The van der Waals surface area contributed by atoms with Gasteiger partial charge in [-0.05, 0) is 70.6 Å². The predicted octanol–water partition coefficient (Wildman–Crippen LogP) is 9.05. The minimum Gasteiger partial charge on any atom is -0.493 e. The molecule has 0 spiro atoms. The topological polar surface area (TPSA) is 90.7 Å². The number of benzene rings is 1. The lowest BCUT2D eigenvalue weighted by Crippen LogP contribution is -2.15. The van der Waals surface area contributed by atoms with E-state index in [1.54, 1.807) is 0 Å². The molecule has 0 aliphatic rings. The zero-order valence-corrected chi connectivity index (χ0v) is 27.3. The number of rotatable bonds is 14. The molecule has 0 fully saturated rings. The van der Waals surface area contributed by atoms with Crippen LogP contribution in [0, 0.1) is 11.8 Å². The predicted molar refractivity (Wildman–Crippen MR) is 171 cm³/mol. The number of carbonyl (C=O) groups is 2. The Morgan fingerprint density at radius 3 is 2.10 bits per heavy atom. The van der Waals surface area contributed by atoms with Crippen LogP contribution < -0.4 is 15.8 Å². The van der Waals surface area contributed by atoms with Crippen molar-refractivity contribution in [3.63, 3.8) is 0 Å². The molecule has 2 atom stereocenters. The molecule has 0 bridgehead atoms. The number of esters is 1. The van der Waals surface area contributed by atoms with E-state index >= 15 is 0 Å². The number of anilines is 1. The van der Waals surface area contributed by atoms with Gasteiger partial charge in [0, 0.05) is 30.8 Å². The molecule has 1 aromatic carbocycles. The van der Waals surface area contributed by atoms with Gasteiger partial charge in [0.15, 0.2) is 0 Å². The molecular weight excluding hydrogens is 526 g/mol. The highest BCUT2D eigenvalue weighted by Crippen LogP contribution is 2.30. The molecule has 8 heteroatoms. The number of hydrogen-bond acceptors (Lipinski definition) is 5. The van der Waals surface area contributed by atoms with Crippen molar-refractivity contribution >= 4 is 23.6 Å². The Bertz CT molecular complexity index is 858. The van der Waals surface area contributed by atoms with Gasteiger partial charge in [0.25, 0.3) is 0 Å². The van der Waals surface area contributed by atoms with Gasteiger partial charge in [-0.2, -0.15) is 0 Å². The second kappa shape index (κ2) is 28.6. The fraction of sp³-hybridized carbons (Fsp3) is 0.636. The summed E-state index contributed by atoms with van der Waals surface area (Å²) < 4.78 is 33.7. The lowest BCUT2D eigenvalue weighted by Gasteiger charge is -2.14. The maximum Gasteiger partial charge on any atom is 0.302 e. The summed E-state index contributed by atoms with van der Waals surface area (Å²) in [5.74, 6) is 0.387. The van der Waals surface area contributed by atoms with Crippen molar-refractivity contribution in [2.75, 3.05) is 25.1 Å². The average Bonchev–Trinajstić information content (AvgIpc) is 2.94. The van der Waals surface area contributed by atoms with Crippen LogP contribution in [0.2, 0.25) is 0 Å². The Hall–Kier alpha value is -2.90. The molecule has 3 N–H and O–H groups in total. The van der Waals surface area contributed by atoms with E-state index in [-0.39, 0.29) is 13.0 Å². The molecule has 238 valence electrons. The molecule has 0 aromatic heterocycles. The highest BCUT2D eigenvalue weighted by Gasteiger charge is 2.15. The Morgan fingerprint density at radius 2 is 1.68 bits per heavy atom. The number of primary amides is 1. The molecule has 2 unspecified atom stereocenters. The van der Waals surface area contributed by atoms with Gasteiger partial charge in [-0.15, -0.1) is 0 Å². The fourth-order valence-corrected chi connectivity index (χ4v) is 3.16. The lowest BCUT2D eigenvalue weighted by atomic mass is 10.0. The van der Waals surface area contributed by atoms with Crippen molar-refractivity contribution in [1.29, 1.82) is 0 Å². The number of carbonyl (C=O) groups excluding carboxylic acids is 2. The van der Waals surface area contributed by atoms with Crippen LogP contribution in [0.1, 0.15) is 107 Å². The van der Waals surface area contributed by atoms with E-state index < -0.39 is 18.3 Å². The van der Waals surface area contributed by atoms with Crippen LogP contribution in [-0.2, 0) is 14.3 Å². The standard InChI is InChI=1S/C18H29NO.C8H16.C6H10F2O2.CH3NO/c1-5-8-9-13-20-18-14-16(19-7-3)11-12-17(18)15(4)10-6-2;1-5-7(3)8(4)6-2;1-4(6(7)8)3-10-5(2)9;2-1-3/h10-12,14,19H,5-9,13H2,1-4H3;5,8H,6H2,1-4H3;4,6H,3H2,1-2H3;1H,(H2,2,3)/b15-10-;7-5+;;. The van der Waals surface area contributed by atoms with Crippen LogP contribution in [0.5, 0.6) is 5.75 Å². The number of halogens is 2. The minimum atomic E-state index is -2.42. The van der Waals surface area contributed by atoms with Crippen LogP contribution >= 0.6 is 0 Å². The second-order valence-corrected chi connectivity index (χ2v) is 9.68. The summed E-state index contributed by atoms with van der Waals surface area (Å²) >= 11 is 0. The van der Waals surface area contributed by atoms with Gasteiger partial charge in [-0.3, -0.25) is 9.59 Å². The van der Waals surface area contributed by atoms with Gasteiger partial charge < -0.3 is 20.5 Å². The summed E-state index contributed by atoms with van der Waals surface area (Å²) in [6.45, 7) is 21.5. The van der Waals surface area contributed by atoms with E-state index in [1.807, 2.05) is 0 Å². The molecular formula is C33H58F2N2O4. The third kappa shape index (κ3) is 24.6. The Balaban J connectivity index is -0.000000573. The maximum absolute atomic E-state index is 11.7. The molecule has 6 nitrogen and oxygen atoms in total. The van der Waals surface area contributed by atoms with Gasteiger partial charge in [0.2, 0.25) is 12.8 Å². The van der Waals surface area contributed by atoms with E-state index in [2.05, 4.69) is 102 Å². The largest absolute Gasteiger partial charge is 0.493 e. The Kier molecular flexibility index (Phi) is 29.7. The molecule has 1 rings (SSSR count). The fourth-order valence-electron chi connectivity index (χ4n) is 3.16. The summed E-state index contributed by atoms with van der Waals surface area (Å²) in [5.41, 5.74) is 9.31. The van der Waals surface area contributed by atoms with Gasteiger partial charge >= 0.3 is 5.97 Å². The number of nitrogens with two attached hydrogens (primary N) is 1. The summed E-state index contributed by atoms with van der Waals surface area (Å²) in [7, 11) is 0. The van der Waals surface area contributed by atoms with Crippen LogP contribution in [0.15, 0.2) is 35.9 Å². The first kappa shape index (κ1) is 42.6. The summed E-state index contributed by atoms with van der Waals surface area (Å²) in [6.07, 6.45) is 8.16. The first-order chi connectivity index (χ1) is 19.4. The van der Waals surface area contributed by atoms with Crippen LogP contribution in [0.3, 0.4) is 0 Å². The third-order valence-electron chi connectivity index (χ3n) is 6.13. The summed E-state index contributed by atoms with van der Waals surface area (Å²) in [6, 6.07) is 6.41. The highest BCUT2D eigenvalue weighted by molar-refractivity contribution is 5.71. The van der Waals surface area contributed by atoms with Gasteiger partial charge in [-0.1, -0.05) is 65.2 Å². The van der Waals surface area contributed by atoms with Crippen molar-refractivity contribution in [2.45, 2.75) is 108 Å². The number of nitrogens with one attached hydrogen (secondary N) is 1. The number of alkyl halides is 2. The van der Waals surface area contributed by atoms with Crippen molar-refractivity contribution in [1.82, 2.24) is 0 Å². The molecule has 0 saturated heterocycles. The van der Waals surface area contributed by atoms with Gasteiger partial charge in [-0.25, -0.2) is 8.78 Å². The first-order valence-electron chi connectivity index (χ1n) is 14.8. The van der Waals surface area contributed by atoms with E-state index in [1.165, 1.54) is 49.8 Å². The normalized spacial score (nSPS) is 12.3. The third-order valence-corrected chi connectivity index (χ3v) is 6.13. The molecule has 0 aliphatic carbocycles. The average molecular weight is 585 g/mol. The number of unbranched alkanes of at least 4 members (excludes halogenated alkanes) is 2. The second-order valence-electron chi connectivity index (χ2n) is 9.68. The Labute approximate surface area is 249 Å². The van der Waals surface area contributed by atoms with E-state index in [0.717, 1.165) is 43.3 Å². The zero-order chi connectivity index (χ0) is 32.2. The SMILES string of the molecule is C/C=C(\C)C(C)CC.CC(=O)OCC(C)C(F)F.CC/C=C(/C)c1ccc(NCC)cc1OCCCCC.NC=O. The molecule has 0 radical (unpaired) electrons. The van der Waals surface area contributed by atoms with E-state index in [9.17, 15) is 13.6 Å². The molecule has 0 aliphatic heterocycles. The van der Waals surface area contributed by atoms with Crippen molar-refractivity contribution in [3.8, 4) is 5.75 Å². The number of amides is 1. The highest BCUT2D eigenvalue weighted by atomic mass is 19.3. The smallest absolute Gasteiger partial charge is 0.302 e. The van der Waals surface area contributed by atoms with Gasteiger partial charge in [0.1, 0.15) is 5.75 Å². The van der Waals surface area contributed by atoms with Crippen molar-refractivity contribution in [2.24, 2.45) is 17.6 Å². The molecule has 1 aromatic rings. The summed E-state index contributed by atoms with van der Waals surface area (Å²) in [4.78, 5) is 18.7. The zero-order valence-electron chi connectivity index (χ0n) is 27.3. The van der Waals surface area contributed by atoms with E-state index in [4.69, 9.17) is 9.53 Å². The van der Waals surface area contributed by atoms with Crippen LogP contribution in [0.25, 0.3) is 5.57 Å².